The molecule has 1 aromatic rings. The highest BCUT2D eigenvalue weighted by molar-refractivity contribution is 7.13. The first-order chi connectivity index (χ1) is 9.19. The molecule has 0 bridgehead atoms. The van der Waals surface area contributed by atoms with Crippen LogP contribution in [0.15, 0.2) is 5.38 Å². The molecule has 2 rings (SSSR count). The highest BCUT2D eigenvalue weighted by Gasteiger charge is 2.27. The van der Waals surface area contributed by atoms with E-state index in [1.165, 1.54) is 12.8 Å². The van der Waals surface area contributed by atoms with Crippen molar-refractivity contribution in [2.45, 2.75) is 39.5 Å². The number of hydrogen-bond acceptors (Lipinski definition) is 5. The van der Waals surface area contributed by atoms with Gasteiger partial charge in [-0.2, -0.15) is 0 Å². The van der Waals surface area contributed by atoms with Gasteiger partial charge in [0, 0.05) is 18.3 Å². The lowest BCUT2D eigenvalue weighted by atomic mass is 10.1. The third-order valence-corrected chi connectivity index (χ3v) is 4.29. The molecule has 1 N–H and O–H groups in total. The largest absolute Gasteiger partial charge is 0.466 e. The van der Waals surface area contributed by atoms with E-state index in [4.69, 9.17) is 4.74 Å². The van der Waals surface area contributed by atoms with Gasteiger partial charge in [-0.25, -0.2) is 4.98 Å². The molecule has 0 aliphatic heterocycles. The molecule has 4 nitrogen and oxygen atoms in total. The maximum absolute atomic E-state index is 11.3. The zero-order valence-electron chi connectivity index (χ0n) is 11.6. The number of esters is 1. The molecule has 0 spiro atoms. The predicted octanol–water partition coefficient (Wildman–Crippen LogP) is 3.10. The summed E-state index contributed by atoms with van der Waals surface area (Å²) in [4.78, 5) is 15.8. The second-order valence-corrected chi connectivity index (χ2v) is 6.00. The van der Waals surface area contributed by atoms with Crippen LogP contribution < -0.4 is 5.32 Å². The Morgan fingerprint density at radius 2 is 2.42 bits per heavy atom. The van der Waals surface area contributed by atoms with Gasteiger partial charge in [-0.15, -0.1) is 11.3 Å². The highest BCUT2D eigenvalue weighted by atomic mass is 32.1. The van der Waals surface area contributed by atoms with Crippen LogP contribution in [0.1, 0.15) is 38.8 Å². The Morgan fingerprint density at radius 3 is 3.11 bits per heavy atom. The van der Waals surface area contributed by atoms with E-state index in [-0.39, 0.29) is 5.97 Å². The van der Waals surface area contributed by atoms with Crippen LogP contribution in [0.3, 0.4) is 0 Å². The first kappa shape index (κ1) is 14.3. The number of aromatic nitrogens is 1. The summed E-state index contributed by atoms with van der Waals surface area (Å²) in [5.74, 6) is 1.50. The number of carbonyl (C=O) groups is 1. The van der Waals surface area contributed by atoms with Crippen molar-refractivity contribution in [3.8, 4) is 0 Å². The number of anilines is 1. The molecule has 0 saturated heterocycles. The second-order valence-electron chi connectivity index (χ2n) is 5.14. The van der Waals surface area contributed by atoms with Gasteiger partial charge in [-0.1, -0.05) is 6.92 Å². The highest BCUT2D eigenvalue weighted by Crippen LogP contribution is 2.36. The second kappa shape index (κ2) is 6.89. The molecule has 1 aliphatic rings. The van der Waals surface area contributed by atoms with E-state index in [2.05, 4.69) is 17.2 Å². The summed E-state index contributed by atoms with van der Waals surface area (Å²) in [7, 11) is 0. The molecule has 1 heterocycles. The van der Waals surface area contributed by atoms with E-state index in [0.29, 0.717) is 19.4 Å². The fourth-order valence-corrected chi connectivity index (χ4v) is 2.80. The molecule has 0 radical (unpaired) electrons. The summed E-state index contributed by atoms with van der Waals surface area (Å²) in [5, 5.41) is 6.37. The molecule has 1 aliphatic carbocycles. The minimum Gasteiger partial charge on any atom is -0.466 e. The van der Waals surface area contributed by atoms with Crippen molar-refractivity contribution in [1.82, 2.24) is 4.98 Å². The third-order valence-electron chi connectivity index (χ3n) is 3.44. The van der Waals surface area contributed by atoms with Crippen LogP contribution in [0.4, 0.5) is 5.13 Å². The fourth-order valence-electron chi connectivity index (χ4n) is 2.05. The number of carbonyl (C=O) groups excluding carboxylic acids is 1. The zero-order chi connectivity index (χ0) is 13.7. The van der Waals surface area contributed by atoms with Crippen LogP contribution in [-0.2, 0) is 16.0 Å². The summed E-state index contributed by atoms with van der Waals surface area (Å²) in [6.07, 6.45) is 3.84. The van der Waals surface area contributed by atoms with Crippen LogP contribution in [0, 0.1) is 11.8 Å². The summed E-state index contributed by atoms with van der Waals surface area (Å²) < 4.78 is 4.90. The van der Waals surface area contributed by atoms with Gasteiger partial charge in [0.05, 0.1) is 18.7 Å². The molecular formula is C14H22N2O2S. The van der Waals surface area contributed by atoms with Crippen molar-refractivity contribution >= 4 is 22.4 Å². The minimum atomic E-state index is -0.146. The summed E-state index contributed by atoms with van der Waals surface area (Å²) in [6.45, 7) is 5.56. The topological polar surface area (TPSA) is 51.2 Å². The number of aryl methyl sites for hydroxylation is 1. The van der Waals surface area contributed by atoms with Crippen molar-refractivity contribution in [3.63, 3.8) is 0 Å². The SMILES string of the molecule is CCOC(=O)CCc1csc(NCC(C)C2CC2)n1. The third kappa shape index (κ3) is 4.82. The van der Waals surface area contributed by atoms with E-state index in [9.17, 15) is 4.79 Å². The predicted molar refractivity (Wildman–Crippen MR) is 77.4 cm³/mol. The lowest BCUT2D eigenvalue weighted by Crippen LogP contribution is -2.12. The van der Waals surface area contributed by atoms with Crippen LogP contribution in [-0.4, -0.2) is 24.1 Å². The molecule has 1 aromatic heterocycles. The Bertz CT molecular complexity index is 415. The van der Waals surface area contributed by atoms with Gasteiger partial charge < -0.3 is 10.1 Å². The van der Waals surface area contributed by atoms with Gasteiger partial charge >= 0.3 is 5.97 Å². The van der Waals surface area contributed by atoms with Gasteiger partial charge in [0.2, 0.25) is 0 Å². The molecule has 5 heteroatoms. The molecule has 1 unspecified atom stereocenters. The van der Waals surface area contributed by atoms with Gasteiger partial charge in [0.1, 0.15) is 0 Å². The fraction of sp³-hybridized carbons (Fsp3) is 0.714. The number of hydrogen-bond donors (Lipinski definition) is 1. The number of nitrogens with zero attached hydrogens (tertiary/aromatic N) is 1. The Kier molecular flexibility index (Phi) is 5.19. The molecule has 0 amide bonds. The van der Waals surface area contributed by atoms with E-state index in [1.54, 1.807) is 11.3 Å². The van der Waals surface area contributed by atoms with Gasteiger partial charge in [0.25, 0.3) is 0 Å². The Morgan fingerprint density at radius 1 is 1.63 bits per heavy atom. The molecule has 1 fully saturated rings. The van der Waals surface area contributed by atoms with E-state index < -0.39 is 0 Å². The van der Waals surface area contributed by atoms with Crippen LogP contribution in [0.5, 0.6) is 0 Å². The standard InChI is InChI=1S/C14H22N2O2S/c1-3-18-13(17)7-6-12-9-19-14(16-12)15-8-10(2)11-4-5-11/h9-11H,3-8H2,1-2H3,(H,15,16). The van der Waals surface area contributed by atoms with Crippen LogP contribution in [0.2, 0.25) is 0 Å². The lowest BCUT2D eigenvalue weighted by Gasteiger charge is -2.09. The van der Waals surface area contributed by atoms with Gasteiger partial charge in [-0.3, -0.25) is 4.79 Å². The smallest absolute Gasteiger partial charge is 0.306 e. The first-order valence-corrected chi connectivity index (χ1v) is 7.91. The Hall–Kier alpha value is -1.10. The van der Waals surface area contributed by atoms with Crippen molar-refractivity contribution in [2.75, 3.05) is 18.5 Å². The summed E-state index contributed by atoms with van der Waals surface area (Å²) >= 11 is 1.61. The van der Waals surface area contributed by atoms with Crippen molar-refractivity contribution in [2.24, 2.45) is 11.8 Å². The van der Waals surface area contributed by atoms with Crippen LogP contribution in [0.25, 0.3) is 0 Å². The van der Waals surface area contributed by atoms with Crippen molar-refractivity contribution < 1.29 is 9.53 Å². The van der Waals surface area contributed by atoms with Crippen LogP contribution >= 0.6 is 11.3 Å². The normalized spacial score (nSPS) is 16.1. The average molecular weight is 282 g/mol. The summed E-state index contributed by atoms with van der Waals surface area (Å²) in [6, 6.07) is 0. The molecule has 1 saturated carbocycles. The first-order valence-electron chi connectivity index (χ1n) is 7.03. The number of rotatable bonds is 8. The maximum atomic E-state index is 11.3. The summed E-state index contributed by atoms with van der Waals surface area (Å²) in [5.41, 5.74) is 0.972. The molecule has 19 heavy (non-hydrogen) atoms. The molecular weight excluding hydrogens is 260 g/mol. The number of nitrogens with one attached hydrogen (secondary N) is 1. The molecule has 1 atom stereocenters. The lowest BCUT2D eigenvalue weighted by molar-refractivity contribution is -0.143. The zero-order valence-corrected chi connectivity index (χ0v) is 12.5. The number of ether oxygens (including phenoxy) is 1. The quantitative estimate of drug-likeness (QED) is 0.744. The molecule has 106 valence electrons. The van der Waals surface area contributed by atoms with Gasteiger partial charge in [-0.05, 0) is 31.6 Å². The van der Waals surface area contributed by atoms with Crippen molar-refractivity contribution in [1.29, 1.82) is 0 Å². The minimum absolute atomic E-state index is 0.146. The van der Waals surface area contributed by atoms with Gasteiger partial charge in [0.15, 0.2) is 5.13 Å². The maximum Gasteiger partial charge on any atom is 0.306 e. The number of thiazole rings is 1. The Balaban J connectivity index is 1.70. The molecule has 0 aromatic carbocycles. The van der Waals surface area contributed by atoms with E-state index >= 15 is 0 Å². The van der Waals surface area contributed by atoms with Crippen molar-refractivity contribution in [3.05, 3.63) is 11.1 Å². The monoisotopic (exact) mass is 282 g/mol. The van der Waals surface area contributed by atoms with E-state index in [1.807, 2.05) is 12.3 Å². The Labute approximate surface area is 118 Å². The average Bonchev–Trinajstić information content (AvgIpc) is 3.14. The van der Waals surface area contributed by atoms with E-state index in [0.717, 1.165) is 29.2 Å².